The van der Waals surface area contributed by atoms with Gasteiger partial charge in [-0.2, -0.15) is 0 Å². The van der Waals surface area contributed by atoms with Gasteiger partial charge in [0.15, 0.2) is 5.78 Å². The summed E-state index contributed by atoms with van der Waals surface area (Å²) in [5, 5.41) is 10.9. The van der Waals surface area contributed by atoms with Crippen molar-refractivity contribution in [3.05, 3.63) is 24.8 Å². The van der Waals surface area contributed by atoms with Gasteiger partial charge in [-0.25, -0.2) is 4.79 Å². The molecule has 1 saturated heterocycles. The molecule has 1 atom stereocenters. The minimum absolute atomic E-state index is 0.0350. The first-order valence-corrected chi connectivity index (χ1v) is 10.8. The molecule has 7 heteroatoms. The molecular weight excluding hydrogens is 386 g/mol. The fraction of sp³-hybridized carbons (Fsp3) is 0.696. The van der Waals surface area contributed by atoms with Gasteiger partial charge in [0.1, 0.15) is 12.2 Å². The maximum atomic E-state index is 10.9. The fourth-order valence-corrected chi connectivity index (χ4v) is 3.15. The second kappa shape index (κ2) is 16.8. The average molecular weight is 426 g/mol. The highest BCUT2D eigenvalue weighted by atomic mass is 16.5. The van der Waals surface area contributed by atoms with Gasteiger partial charge in [0.25, 0.3) is 0 Å². The topological polar surface area (TPSA) is 102 Å². The number of carboxylic acid groups (broad SMARTS) is 1. The second-order valence-electron chi connectivity index (χ2n) is 7.65. The Morgan fingerprint density at radius 1 is 1.20 bits per heavy atom. The number of morpholine rings is 1. The summed E-state index contributed by atoms with van der Waals surface area (Å²) in [5.74, 6) is -0.203. The van der Waals surface area contributed by atoms with Crippen LogP contribution in [0, 0.1) is 5.92 Å². The van der Waals surface area contributed by atoms with Gasteiger partial charge < -0.3 is 19.9 Å². The molecule has 0 aromatic rings. The lowest BCUT2D eigenvalue weighted by atomic mass is 9.84. The number of hydrogen-bond donors (Lipinski definition) is 2. The van der Waals surface area contributed by atoms with Gasteiger partial charge in [-0.15, -0.1) is 0 Å². The number of carbonyl (C=O) groups excluding carboxylic acids is 2. The Bertz CT molecular complexity index is 534. The highest BCUT2D eigenvalue weighted by Gasteiger charge is 2.22. The van der Waals surface area contributed by atoms with E-state index in [0.29, 0.717) is 13.2 Å². The number of ketones is 1. The van der Waals surface area contributed by atoms with Crippen molar-refractivity contribution < 1.29 is 29.0 Å². The molecule has 2 fully saturated rings. The van der Waals surface area contributed by atoms with Crippen LogP contribution in [-0.2, 0) is 23.9 Å². The van der Waals surface area contributed by atoms with Crippen molar-refractivity contribution in [2.75, 3.05) is 19.7 Å². The Morgan fingerprint density at radius 3 is 2.20 bits per heavy atom. The molecule has 1 aliphatic heterocycles. The number of esters is 1. The Hall–Kier alpha value is -1.99. The molecule has 1 unspecified atom stereocenters. The van der Waals surface area contributed by atoms with Crippen LogP contribution in [0.2, 0.25) is 0 Å². The predicted molar refractivity (Wildman–Crippen MR) is 117 cm³/mol. The zero-order valence-corrected chi connectivity index (χ0v) is 18.8. The SMILES string of the molecule is C=C(C)C(=O)O.C=CC(=O)C1CNCCO1.CCCCC1CCC(OC(C)=O)CC1. The van der Waals surface area contributed by atoms with E-state index in [4.69, 9.17) is 14.6 Å². The van der Waals surface area contributed by atoms with E-state index in [9.17, 15) is 14.4 Å². The van der Waals surface area contributed by atoms with Crippen molar-refractivity contribution in [1.29, 1.82) is 0 Å². The number of unbranched alkanes of at least 4 members (excludes halogenated alkanes) is 1. The van der Waals surface area contributed by atoms with Crippen molar-refractivity contribution in [2.45, 2.75) is 77.9 Å². The average Bonchev–Trinajstić information content (AvgIpc) is 2.73. The van der Waals surface area contributed by atoms with Gasteiger partial charge in [0.2, 0.25) is 0 Å². The van der Waals surface area contributed by atoms with Crippen molar-refractivity contribution >= 4 is 17.7 Å². The Kier molecular flexibility index (Phi) is 15.7. The highest BCUT2D eigenvalue weighted by Crippen LogP contribution is 2.29. The molecule has 1 aliphatic carbocycles. The van der Waals surface area contributed by atoms with Crippen LogP contribution >= 0.6 is 0 Å². The Morgan fingerprint density at radius 2 is 1.80 bits per heavy atom. The van der Waals surface area contributed by atoms with Crippen LogP contribution in [0.1, 0.15) is 65.7 Å². The summed E-state index contributed by atoms with van der Waals surface area (Å²) in [6, 6.07) is 0. The summed E-state index contributed by atoms with van der Waals surface area (Å²) in [5.41, 5.74) is 0.176. The maximum absolute atomic E-state index is 10.9. The minimum Gasteiger partial charge on any atom is -0.478 e. The van der Waals surface area contributed by atoms with Crippen LogP contribution in [0.25, 0.3) is 0 Å². The van der Waals surface area contributed by atoms with E-state index in [1.54, 1.807) is 0 Å². The predicted octanol–water partition coefficient (Wildman–Crippen LogP) is 3.68. The van der Waals surface area contributed by atoms with Gasteiger partial charge in [-0.1, -0.05) is 39.3 Å². The summed E-state index contributed by atoms with van der Waals surface area (Å²) in [7, 11) is 0. The lowest BCUT2D eigenvalue weighted by Crippen LogP contribution is -2.42. The van der Waals surface area contributed by atoms with E-state index in [1.165, 1.54) is 52.0 Å². The Labute approximate surface area is 180 Å². The lowest BCUT2D eigenvalue weighted by molar-refractivity contribution is -0.148. The van der Waals surface area contributed by atoms with E-state index in [0.717, 1.165) is 25.3 Å². The molecule has 0 spiro atoms. The van der Waals surface area contributed by atoms with Crippen LogP contribution in [-0.4, -0.2) is 54.7 Å². The minimum atomic E-state index is -0.935. The first-order valence-electron chi connectivity index (χ1n) is 10.8. The van der Waals surface area contributed by atoms with E-state index >= 15 is 0 Å². The molecule has 0 aromatic carbocycles. The van der Waals surface area contributed by atoms with Crippen LogP contribution in [0.15, 0.2) is 24.8 Å². The molecule has 0 amide bonds. The highest BCUT2D eigenvalue weighted by molar-refractivity contribution is 5.93. The summed E-state index contributed by atoms with van der Waals surface area (Å²) in [4.78, 5) is 31.2. The van der Waals surface area contributed by atoms with Gasteiger partial charge in [0, 0.05) is 25.6 Å². The molecule has 30 heavy (non-hydrogen) atoms. The zero-order valence-electron chi connectivity index (χ0n) is 18.8. The number of carbonyl (C=O) groups is 3. The number of hydrogen-bond acceptors (Lipinski definition) is 6. The van der Waals surface area contributed by atoms with Crippen LogP contribution in [0.5, 0.6) is 0 Å². The van der Waals surface area contributed by atoms with Crippen molar-refractivity contribution in [2.24, 2.45) is 5.92 Å². The molecular formula is C23H39NO6. The normalized spacial score (nSPS) is 22.8. The number of aliphatic carboxylic acids is 1. The third-order valence-electron chi connectivity index (χ3n) is 4.90. The van der Waals surface area contributed by atoms with Gasteiger partial charge >= 0.3 is 11.9 Å². The van der Waals surface area contributed by atoms with Crippen molar-refractivity contribution in [3.63, 3.8) is 0 Å². The summed E-state index contributed by atoms with van der Waals surface area (Å²) in [6.07, 6.45) is 9.88. The standard InChI is InChI=1S/C12H22O2.C7H11NO2.C4H6O2/c1-3-4-5-11-6-8-12(9-7-11)14-10(2)13;1-2-6(9)7-5-8-3-4-10-7;1-3(2)4(5)6/h11-12H,3-9H2,1-2H3;2,7-8H,1,3-5H2;1H2,2H3,(H,5,6). The number of ether oxygens (including phenoxy) is 2. The Balaban J connectivity index is 0.000000459. The van der Waals surface area contributed by atoms with Gasteiger partial charge in [-0.05, 0) is 44.6 Å². The molecule has 2 rings (SSSR count). The lowest BCUT2D eigenvalue weighted by Gasteiger charge is -2.27. The quantitative estimate of drug-likeness (QED) is 0.474. The van der Waals surface area contributed by atoms with Gasteiger partial charge in [-0.3, -0.25) is 9.59 Å². The largest absolute Gasteiger partial charge is 0.478 e. The van der Waals surface area contributed by atoms with Crippen LogP contribution in [0.3, 0.4) is 0 Å². The number of nitrogens with one attached hydrogen (secondary N) is 1. The van der Waals surface area contributed by atoms with Crippen molar-refractivity contribution in [3.8, 4) is 0 Å². The molecule has 1 saturated carbocycles. The van der Waals surface area contributed by atoms with Crippen LogP contribution < -0.4 is 5.32 Å². The molecule has 7 nitrogen and oxygen atoms in total. The number of carboxylic acids is 1. The summed E-state index contributed by atoms with van der Waals surface area (Å²) < 4.78 is 10.4. The summed E-state index contributed by atoms with van der Waals surface area (Å²) in [6.45, 7) is 13.8. The van der Waals surface area contributed by atoms with Crippen LogP contribution in [0.4, 0.5) is 0 Å². The smallest absolute Gasteiger partial charge is 0.330 e. The molecule has 0 aromatic heterocycles. The molecule has 2 aliphatic rings. The van der Waals surface area contributed by atoms with E-state index < -0.39 is 5.97 Å². The molecule has 172 valence electrons. The first-order chi connectivity index (χ1) is 14.2. The third-order valence-corrected chi connectivity index (χ3v) is 4.90. The van der Waals surface area contributed by atoms with E-state index in [1.807, 2.05) is 0 Å². The zero-order chi connectivity index (χ0) is 22.9. The monoisotopic (exact) mass is 425 g/mol. The fourth-order valence-electron chi connectivity index (χ4n) is 3.15. The van der Waals surface area contributed by atoms with Gasteiger partial charge in [0.05, 0.1) is 6.61 Å². The second-order valence-corrected chi connectivity index (χ2v) is 7.65. The summed E-state index contributed by atoms with van der Waals surface area (Å²) >= 11 is 0. The molecule has 1 heterocycles. The van der Waals surface area contributed by atoms with E-state index in [2.05, 4.69) is 25.4 Å². The molecule has 0 radical (unpaired) electrons. The maximum Gasteiger partial charge on any atom is 0.330 e. The third kappa shape index (κ3) is 14.1. The van der Waals surface area contributed by atoms with Crippen molar-refractivity contribution in [1.82, 2.24) is 5.32 Å². The molecule has 2 N–H and O–H groups in total. The first kappa shape index (κ1) is 28.0. The van der Waals surface area contributed by atoms with E-state index in [-0.39, 0.29) is 29.5 Å². The molecule has 0 bridgehead atoms. The number of rotatable bonds is 7.